The Morgan fingerprint density at radius 3 is 2.73 bits per heavy atom. The highest BCUT2D eigenvalue weighted by atomic mass is 19.1. The summed E-state index contributed by atoms with van der Waals surface area (Å²) in [6.07, 6.45) is 4.52. The Kier molecular flexibility index (Phi) is 6.16. The molecule has 1 aliphatic rings. The van der Waals surface area contributed by atoms with E-state index in [0.717, 1.165) is 60.5 Å². The lowest BCUT2D eigenvalue weighted by atomic mass is 10.0. The topological polar surface area (TPSA) is 39.5 Å². The molecule has 0 saturated carbocycles. The first kappa shape index (κ1) is 20.6. The van der Waals surface area contributed by atoms with Crippen molar-refractivity contribution in [2.24, 2.45) is 0 Å². The van der Waals surface area contributed by atoms with E-state index in [4.69, 9.17) is 14.6 Å². The molecule has 4 rings (SSSR count). The van der Waals surface area contributed by atoms with Gasteiger partial charge in [0.15, 0.2) is 11.6 Å². The van der Waals surface area contributed by atoms with Gasteiger partial charge in [0.2, 0.25) is 0 Å². The summed E-state index contributed by atoms with van der Waals surface area (Å²) in [7, 11) is 3.24. The number of para-hydroxylation sites is 1. The minimum absolute atomic E-state index is 0.234. The van der Waals surface area contributed by atoms with Crippen LogP contribution in [0.25, 0.3) is 16.9 Å². The van der Waals surface area contributed by atoms with E-state index in [1.54, 1.807) is 13.2 Å². The third kappa shape index (κ3) is 4.25. The Balaban J connectivity index is 1.73. The van der Waals surface area contributed by atoms with E-state index in [-0.39, 0.29) is 17.7 Å². The second-order valence-electron chi connectivity index (χ2n) is 7.82. The van der Waals surface area contributed by atoms with Crippen molar-refractivity contribution in [3.63, 3.8) is 0 Å². The Bertz CT molecular complexity index is 1020. The van der Waals surface area contributed by atoms with Crippen LogP contribution in [0.4, 0.5) is 4.39 Å². The Labute approximate surface area is 177 Å². The van der Waals surface area contributed by atoms with E-state index in [1.807, 2.05) is 28.9 Å². The lowest BCUT2D eigenvalue weighted by molar-refractivity contribution is 0.0286. The van der Waals surface area contributed by atoms with Gasteiger partial charge < -0.3 is 9.47 Å². The predicted octanol–water partition coefficient (Wildman–Crippen LogP) is 4.61. The van der Waals surface area contributed by atoms with Crippen molar-refractivity contribution in [2.45, 2.75) is 32.4 Å². The summed E-state index contributed by atoms with van der Waals surface area (Å²) in [6, 6.07) is 13.2. The molecule has 5 nitrogen and oxygen atoms in total. The third-order valence-electron chi connectivity index (χ3n) is 5.77. The van der Waals surface area contributed by atoms with Gasteiger partial charge in [0.1, 0.15) is 0 Å². The standard InChI is InChI=1S/C24H28FN3O2/c1-17-7-4-5-9-22(17)28-15-19(14-27-12-6-8-20(16-27)29-2)24(26-28)18-10-11-23(30-3)21(25)13-18/h4-5,7,9-11,13,15,20H,6,8,12,14,16H2,1-3H3/t20-/m1/s1. The number of halogens is 1. The molecule has 1 aliphatic heterocycles. The van der Waals surface area contributed by atoms with E-state index < -0.39 is 0 Å². The molecule has 2 heterocycles. The van der Waals surface area contributed by atoms with Crippen molar-refractivity contribution in [3.8, 4) is 22.7 Å². The number of methoxy groups -OCH3 is 2. The molecule has 1 aromatic heterocycles. The summed E-state index contributed by atoms with van der Waals surface area (Å²) in [5.74, 6) is -0.151. The van der Waals surface area contributed by atoms with Crippen LogP contribution in [-0.2, 0) is 11.3 Å². The van der Waals surface area contributed by atoms with Gasteiger partial charge in [0, 0.05) is 37.5 Å². The van der Waals surface area contributed by atoms with Crippen molar-refractivity contribution in [1.29, 1.82) is 0 Å². The Morgan fingerprint density at radius 1 is 1.17 bits per heavy atom. The van der Waals surface area contributed by atoms with Gasteiger partial charge in [0.25, 0.3) is 0 Å². The molecular weight excluding hydrogens is 381 g/mol. The van der Waals surface area contributed by atoms with Gasteiger partial charge in [0.05, 0.1) is 24.6 Å². The van der Waals surface area contributed by atoms with Gasteiger partial charge in [-0.15, -0.1) is 0 Å². The molecule has 0 radical (unpaired) electrons. The van der Waals surface area contributed by atoms with Crippen LogP contribution in [0.2, 0.25) is 0 Å². The Hall–Kier alpha value is -2.70. The molecule has 6 heteroatoms. The van der Waals surface area contributed by atoms with Crippen LogP contribution in [-0.4, -0.2) is 48.1 Å². The van der Waals surface area contributed by atoms with Crippen molar-refractivity contribution in [2.75, 3.05) is 27.3 Å². The first-order chi connectivity index (χ1) is 14.6. The largest absolute Gasteiger partial charge is 0.494 e. The zero-order valence-electron chi connectivity index (χ0n) is 17.8. The molecule has 158 valence electrons. The van der Waals surface area contributed by atoms with Gasteiger partial charge >= 0.3 is 0 Å². The van der Waals surface area contributed by atoms with E-state index in [9.17, 15) is 4.39 Å². The number of hydrogen-bond acceptors (Lipinski definition) is 4. The van der Waals surface area contributed by atoms with Crippen LogP contribution in [0.3, 0.4) is 0 Å². The molecule has 0 N–H and O–H groups in total. The summed E-state index contributed by atoms with van der Waals surface area (Å²) >= 11 is 0. The number of likely N-dealkylation sites (tertiary alicyclic amines) is 1. The normalized spacial score (nSPS) is 17.3. The number of benzene rings is 2. The smallest absolute Gasteiger partial charge is 0.165 e. The van der Waals surface area contributed by atoms with Crippen LogP contribution in [0.5, 0.6) is 5.75 Å². The molecule has 0 amide bonds. The molecule has 3 aromatic rings. The van der Waals surface area contributed by atoms with E-state index >= 15 is 0 Å². The first-order valence-corrected chi connectivity index (χ1v) is 10.3. The molecule has 0 aliphatic carbocycles. The molecular formula is C24H28FN3O2. The third-order valence-corrected chi connectivity index (χ3v) is 5.77. The molecule has 2 aromatic carbocycles. The van der Waals surface area contributed by atoms with Crippen molar-refractivity contribution >= 4 is 0 Å². The van der Waals surface area contributed by atoms with Gasteiger partial charge in [-0.1, -0.05) is 18.2 Å². The lowest BCUT2D eigenvalue weighted by Gasteiger charge is -2.31. The molecule has 1 atom stereocenters. The molecule has 0 spiro atoms. The van der Waals surface area contributed by atoms with Gasteiger partial charge in [-0.2, -0.15) is 5.10 Å². The number of ether oxygens (including phenoxy) is 2. The summed E-state index contributed by atoms with van der Waals surface area (Å²) < 4.78 is 27.0. The van der Waals surface area contributed by atoms with E-state index in [1.165, 1.54) is 13.2 Å². The molecule has 30 heavy (non-hydrogen) atoms. The fourth-order valence-corrected chi connectivity index (χ4v) is 4.12. The zero-order valence-corrected chi connectivity index (χ0v) is 17.8. The summed E-state index contributed by atoms with van der Waals surface area (Å²) in [4.78, 5) is 2.39. The van der Waals surface area contributed by atoms with Gasteiger partial charge in [-0.3, -0.25) is 4.90 Å². The SMILES string of the molecule is COc1ccc(-c2nn(-c3ccccc3C)cc2CN2CCC[C@@H](OC)C2)cc1F. The van der Waals surface area contributed by atoms with Crippen molar-refractivity contribution in [3.05, 3.63) is 65.6 Å². The number of aryl methyl sites for hydroxylation is 1. The minimum atomic E-state index is -0.385. The van der Waals surface area contributed by atoms with Crippen LogP contribution >= 0.6 is 0 Å². The maximum atomic E-state index is 14.4. The number of piperidine rings is 1. The molecule has 0 bridgehead atoms. The van der Waals surface area contributed by atoms with Crippen molar-refractivity contribution < 1.29 is 13.9 Å². The van der Waals surface area contributed by atoms with Gasteiger partial charge in [-0.05, 0) is 56.1 Å². The maximum Gasteiger partial charge on any atom is 0.165 e. The van der Waals surface area contributed by atoms with Crippen LogP contribution < -0.4 is 4.74 Å². The van der Waals surface area contributed by atoms with Crippen LogP contribution in [0.15, 0.2) is 48.7 Å². The quantitative estimate of drug-likeness (QED) is 0.596. The lowest BCUT2D eigenvalue weighted by Crippen LogP contribution is -2.38. The maximum absolute atomic E-state index is 14.4. The Morgan fingerprint density at radius 2 is 2.00 bits per heavy atom. The highest BCUT2D eigenvalue weighted by Gasteiger charge is 2.22. The van der Waals surface area contributed by atoms with Crippen LogP contribution in [0, 0.1) is 12.7 Å². The number of aromatic nitrogens is 2. The first-order valence-electron chi connectivity index (χ1n) is 10.3. The van der Waals surface area contributed by atoms with E-state index in [0.29, 0.717) is 0 Å². The monoisotopic (exact) mass is 409 g/mol. The zero-order chi connectivity index (χ0) is 21.1. The average molecular weight is 410 g/mol. The summed E-state index contributed by atoms with van der Waals surface area (Å²) in [5, 5.41) is 4.86. The number of hydrogen-bond donors (Lipinski definition) is 0. The fourth-order valence-electron chi connectivity index (χ4n) is 4.12. The molecule has 1 saturated heterocycles. The number of rotatable bonds is 6. The second kappa shape index (κ2) is 8.98. The predicted molar refractivity (Wildman–Crippen MR) is 116 cm³/mol. The van der Waals surface area contributed by atoms with Crippen LogP contribution in [0.1, 0.15) is 24.0 Å². The minimum Gasteiger partial charge on any atom is -0.494 e. The van der Waals surface area contributed by atoms with E-state index in [2.05, 4.69) is 24.1 Å². The highest BCUT2D eigenvalue weighted by Crippen LogP contribution is 2.30. The van der Waals surface area contributed by atoms with Gasteiger partial charge in [-0.25, -0.2) is 9.07 Å². The molecule has 0 unspecified atom stereocenters. The summed E-state index contributed by atoms with van der Waals surface area (Å²) in [5.41, 5.74) is 4.76. The molecule has 1 fully saturated rings. The van der Waals surface area contributed by atoms with Crippen molar-refractivity contribution in [1.82, 2.24) is 14.7 Å². The second-order valence-corrected chi connectivity index (χ2v) is 7.82. The fraction of sp³-hybridized carbons (Fsp3) is 0.375. The highest BCUT2D eigenvalue weighted by molar-refractivity contribution is 5.64. The average Bonchev–Trinajstić information content (AvgIpc) is 3.17. The number of nitrogens with zero attached hydrogens (tertiary/aromatic N) is 3. The summed E-state index contributed by atoms with van der Waals surface area (Å²) in [6.45, 7) is 4.72.